The number of thiophene rings is 1. The Balaban J connectivity index is 1.86. The Bertz CT molecular complexity index is 1180. The predicted molar refractivity (Wildman–Crippen MR) is 111 cm³/mol. The molecule has 0 spiro atoms. The molecular weight excluding hydrogens is 354 g/mol. The largest absolute Gasteiger partial charge is 0.305 e. The van der Waals surface area contributed by atoms with Crippen molar-refractivity contribution in [3.8, 4) is 6.07 Å². The minimum Gasteiger partial charge on any atom is -0.305 e. The van der Waals surface area contributed by atoms with E-state index >= 15 is 0 Å². The second kappa shape index (κ2) is 6.79. The highest BCUT2D eigenvalue weighted by atomic mass is 32.1. The standard InChI is InChI=1S/C22H21N3OS/c1-12-4-6-14(3)15(8-12)10-16(11-23)20-24-21(26)19-17-7-5-13(2)9-18(17)27-22(19)25-20/h4,6,8,10,13H,5,7,9H2,1-3H3,(H,24,25,26)/b16-10-. The van der Waals surface area contributed by atoms with E-state index in [0.29, 0.717) is 17.3 Å². The summed E-state index contributed by atoms with van der Waals surface area (Å²) >= 11 is 1.60. The van der Waals surface area contributed by atoms with E-state index in [4.69, 9.17) is 0 Å². The fraction of sp³-hybridized carbons (Fsp3) is 0.318. The third-order valence-electron chi connectivity index (χ3n) is 5.28. The van der Waals surface area contributed by atoms with Crippen molar-refractivity contribution in [1.82, 2.24) is 9.97 Å². The minimum absolute atomic E-state index is 0.135. The summed E-state index contributed by atoms with van der Waals surface area (Å²) in [4.78, 5) is 22.3. The molecule has 2 heterocycles. The summed E-state index contributed by atoms with van der Waals surface area (Å²) in [6, 6.07) is 8.32. The quantitative estimate of drug-likeness (QED) is 0.655. The van der Waals surface area contributed by atoms with E-state index in [1.54, 1.807) is 11.3 Å². The Morgan fingerprint density at radius 3 is 3.00 bits per heavy atom. The predicted octanol–water partition coefficient (Wildman–Crippen LogP) is 4.79. The summed E-state index contributed by atoms with van der Waals surface area (Å²) in [7, 11) is 0. The smallest absolute Gasteiger partial charge is 0.260 e. The van der Waals surface area contributed by atoms with Gasteiger partial charge in [0.15, 0.2) is 5.82 Å². The number of aryl methyl sites for hydroxylation is 3. The lowest BCUT2D eigenvalue weighted by atomic mass is 9.89. The Morgan fingerprint density at radius 2 is 2.22 bits per heavy atom. The molecule has 3 aromatic rings. The van der Waals surface area contributed by atoms with Crippen molar-refractivity contribution >= 4 is 33.2 Å². The maximum atomic E-state index is 12.8. The Morgan fingerprint density at radius 1 is 1.41 bits per heavy atom. The molecule has 1 unspecified atom stereocenters. The van der Waals surface area contributed by atoms with Crippen molar-refractivity contribution < 1.29 is 0 Å². The third kappa shape index (κ3) is 3.22. The first-order chi connectivity index (χ1) is 13.0. The first-order valence-electron chi connectivity index (χ1n) is 9.20. The van der Waals surface area contributed by atoms with Gasteiger partial charge in [0.05, 0.1) is 11.0 Å². The first-order valence-corrected chi connectivity index (χ1v) is 10.0. The molecule has 0 aliphatic heterocycles. The number of hydrogen-bond acceptors (Lipinski definition) is 4. The van der Waals surface area contributed by atoms with Crippen molar-refractivity contribution in [2.24, 2.45) is 5.92 Å². The van der Waals surface area contributed by atoms with E-state index in [9.17, 15) is 10.1 Å². The van der Waals surface area contributed by atoms with Crippen LogP contribution in [0.5, 0.6) is 0 Å². The monoisotopic (exact) mass is 375 g/mol. The van der Waals surface area contributed by atoms with Crippen LogP contribution in [0.4, 0.5) is 0 Å². The molecule has 0 saturated carbocycles. The maximum Gasteiger partial charge on any atom is 0.260 e. The Hall–Kier alpha value is -2.71. The van der Waals surface area contributed by atoms with E-state index in [-0.39, 0.29) is 5.56 Å². The zero-order valence-electron chi connectivity index (χ0n) is 15.7. The fourth-order valence-electron chi connectivity index (χ4n) is 3.70. The summed E-state index contributed by atoms with van der Waals surface area (Å²) < 4.78 is 0. The summed E-state index contributed by atoms with van der Waals surface area (Å²) in [6.45, 7) is 6.28. The van der Waals surface area contributed by atoms with Crippen LogP contribution >= 0.6 is 11.3 Å². The summed E-state index contributed by atoms with van der Waals surface area (Å²) in [5.41, 5.74) is 4.57. The van der Waals surface area contributed by atoms with Gasteiger partial charge in [-0.2, -0.15) is 5.26 Å². The van der Waals surface area contributed by atoms with E-state index in [1.807, 2.05) is 38.1 Å². The molecular formula is C22H21N3OS. The van der Waals surface area contributed by atoms with Gasteiger partial charge in [-0.3, -0.25) is 4.79 Å². The molecule has 1 aromatic carbocycles. The van der Waals surface area contributed by atoms with Gasteiger partial charge in [0.1, 0.15) is 10.9 Å². The molecule has 27 heavy (non-hydrogen) atoms. The Labute approximate surface area is 162 Å². The van der Waals surface area contributed by atoms with Gasteiger partial charge in [0, 0.05) is 4.88 Å². The second-order valence-electron chi connectivity index (χ2n) is 7.48. The van der Waals surface area contributed by atoms with Crippen molar-refractivity contribution in [3.05, 3.63) is 61.5 Å². The number of hydrogen-bond donors (Lipinski definition) is 1. The number of allylic oxidation sites excluding steroid dienone is 1. The summed E-state index contributed by atoms with van der Waals surface area (Å²) in [6.07, 6.45) is 4.86. The number of aromatic amines is 1. The zero-order chi connectivity index (χ0) is 19.1. The van der Waals surface area contributed by atoms with E-state index < -0.39 is 0 Å². The summed E-state index contributed by atoms with van der Waals surface area (Å²) in [5, 5.41) is 10.4. The van der Waals surface area contributed by atoms with Crippen LogP contribution in [0.3, 0.4) is 0 Å². The molecule has 1 aliphatic carbocycles. The van der Waals surface area contributed by atoms with Gasteiger partial charge in [0.25, 0.3) is 5.56 Å². The molecule has 2 aromatic heterocycles. The van der Waals surface area contributed by atoms with Gasteiger partial charge < -0.3 is 4.98 Å². The van der Waals surface area contributed by atoms with Crippen LogP contribution in [0.2, 0.25) is 0 Å². The van der Waals surface area contributed by atoms with Crippen LogP contribution in [0, 0.1) is 31.1 Å². The zero-order valence-corrected chi connectivity index (χ0v) is 16.5. The van der Waals surface area contributed by atoms with Gasteiger partial charge in [-0.05, 0) is 61.8 Å². The molecule has 0 amide bonds. The lowest BCUT2D eigenvalue weighted by Crippen LogP contribution is -2.14. The average Bonchev–Trinajstić information content (AvgIpc) is 3.00. The number of H-pyrrole nitrogens is 1. The third-order valence-corrected chi connectivity index (χ3v) is 6.42. The number of benzene rings is 1. The van der Waals surface area contributed by atoms with Crippen LogP contribution in [0.15, 0.2) is 23.0 Å². The lowest BCUT2D eigenvalue weighted by Gasteiger charge is -2.17. The van der Waals surface area contributed by atoms with Gasteiger partial charge in [0.2, 0.25) is 0 Å². The minimum atomic E-state index is -0.135. The number of fused-ring (bicyclic) bond motifs is 3. The number of nitriles is 1. The van der Waals surface area contributed by atoms with E-state index in [0.717, 1.165) is 51.7 Å². The normalized spacial score (nSPS) is 17.0. The first kappa shape index (κ1) is 17.7. The highest BCUT2D eigenvalue weighted by Gasteiger charge is 2.23. The average molecular weight is 375 g/mol. The Kier molecular flexibility index (Phi) is 4.45. The molecule has 1 atom stereocenters. The summed E-state index contributed by atoms with van der Waals surface area (Å²) in [5.74, 6) is 0.991. The molecule has 4 nitrogen and oxygen atoms in total. The number of aromatic nitrogens is 2. The van der Waals surface area contributed by atoms with Crippen molar-refractivity contribution in [1.29, 1.82) is 5.26 Å². The molecule has 4 rings (SSSR count). The van der Waals surface area contributed by atoms with Gasteiger partial charge >= 0.3 is 0 Å². The van der Waals surface area contributed by atoms with Gasteiger partial charge in [-0.25, -0.2) is 4.98 Å². The van der Waals surface area contributed by atoms with E-state index in [2.05, 4.69) is 23.0 Å². The molecule has 1 aliphatic rings. The van der Waals surface area contributed by atoms with Crippen molar-refractivity contribution in [2.75, 3.05) is 0 Å². The van der Waals surface area contributed by atoms with Crippen LogP contribution in [0.1, 0.15) is 46.3 Å². The molecule has 0 fully saturated rings. The SMILES string of the molecule is Cc1ccc(C)c(/C=C(/C#N)c2nc3sc4c(c3c(=O)[nH]2)CCC(C)C4)c1. The highest BCUT2D eigenvalue weighted by molar-refractivity contribution is 7.18. The molecule has 0 saturated heterocycles. The second-order valence-corrected chi connectivity index (χ2v) is 8.56. The molecule has 0 bridgehead atoms. The van der Waals surface area contributed by atoms with Gasteiger partial charge in [-0.1, -0.05) is 30.7 Å². The van der Waals surface area contributed by atoms with Crippen molar-refractivity contribution in [2.45, 2.75) is 40.0 Å². The molecule has 0 radical (unpaired) electrons. The van der Waals surface area contributed by atoms with E-state index in [1.165, 1.54) is 4.88 Å². The van der Waals surface area contributed by atoms with Crippen molar-refractivity contribution in [3.63, 3.8) is 0 Å². The van der Waals surface area contributed by atoms with Crippen LogP contribution in [0.25, 0.3) is 21.9 Å². The van der Waals surface area contributed by atoms with Crippen LogP contribution < -0.4 is 5.56 Å². The lowest BCUT2D eigenvalue weighted by molar-refractivity contribution is 0.509. The van der Waals surface area contributed by atoms with Crippen LogP contribution in [-0.2, 0) is 12.8 Å². The van der Waals surface area contributed by atoms with Gasteiger partial charge in [-0.15, -0.1) is 11.3 Å². The topological polar surface area (TPSA) is 69.5 Å². The number of nitrogens with one attached hydrogen (secondary N) is 1. The molecule has 5 heteroatoms. The number of rotatable bonds is 2. The molecule has 136 valence electrons. The molecule has 1 N–H and O–H groups in total. The number of nitrogens with zero attached hydrogens (tertiary/aromatic N) is 2. The fourth-order valence-corrected chi connectivity index (χ4v) is 5.08. The maximum absolute atomic E-state index is 12.8. The van der Waals surface area contributed by atoms with Crippen LogP contribution in [-0.4, -0.2) is 9.97 Å². The highest BCUT2D eigenvalue weighted by Crippen LogP contribution is 2.36.